The van der Waals surface area contributed by atoms with Crippen LogP contribution in [0.15, 0.2) is 68.7 Å². The fourth-order valence-electron chi connectivity index (χ4n) is 3.92. The van der Waals surface area contributed by atoms with Gasteiger partial charge in [0.2, 0.25) is 5.82 Å². The predicted octanol–water partition coefficient (Wildman–Crippen LogP) is 1.25. The van der Waals surface area contributed by atoms with Crippen LogP contribution < -0.4 is 16.1 Å². The molecule has 0 spiro atoms. The monoisotopic (exact) mass is 473 g/mol. The van der Waals surface area contributed by atoms with Gasteiger partial charge in [0.25, 0.3) is 5.56 Å². The van der Waals surface area contributed by atoms with Crippen molar-refractivity contribution in [1.82, 2.24) is 29.4 Å². The number of aromatic nitrogens is 5. The van der Waals surface area contributed by atoms with E-state index < -0.39 is 17.2 Å². The third-order valence-corrected chi connectivity index (χ3v) is 5.96. The van der Waals surface area contributed by atoms with Crippen LogP contribution in [0.25, 0.3) is 17.2 Å². The van der Waals surface area contributed by atoms with Gasteiger partial charge in [-0.2, -0.15) is 14.8 Å². The molecule has 2 aromatic heterocycles. The second-order valence-electron chi connectivity index (χ2n) is 8.28. The fourth-order valence-corrected chi connectivity index (χ4v) is 3.92. The van der Waals surface area contributed by atoms with Crippen LogP contribution in [0.2, 0.25) is 0 Å². The molecule has 0 atom stereocenters. The van der Waals surface area contributed by atoms with E-state index in [1.54, 1.807) is 17.0 Å². The van der Waals surface area contributed by atoms with Crippen LogP contribution in [0, 0.1) is 6.92 Å². The maximum absolute atomic E-state index is 13.0. The molecular weight excluding hydrogens is 450 g/mol. The summed E-state index contributed by atoms with van der Waals surface area (Å²) in [6.45, 7) is 4.24. The lowest BCUT2D eigenvalue weighted by atomic mass is 10.2. The van der Waals surface area contributed by atoms with Crippen LogP contribution in [0.5, 0.6) is 0 Å². The highest BCUT2D eigenvalue weighted by Gasteiger charge is 2.28. The van der Waals surface area contributed by atoms with Gasteiger partial charge in [-0.3, -0.25) is 14.2 Å². The molecule has 178 valence electrons. The van der Waals surface area contributed by atoms with E-state index in [0.29, 0.717) is 31.9 Å². The van der Waals surface area contributed by atoms with Gasteiger partial charge in [0.1, 0.15) is 0 Å². The van der Waals surface area contributed by atoms with Gasteiger partial charge >= 0.3 is 17.5 Å². The van der Waals surface area contributed by atoms with E-state index in [0.717, 1.165) is 20.5 Å². The fraction of sp³-hybridized carbons (Fsp3) is 0.250. The molecule has 5 rings (SSSR count). The Morgan fingerprint density at radius 2 is 1.60 bits per heavy atom. The van der Waals surface area contributed by atoms with Gasteiger partial charge in [0, 0.05) is 38.9 Å². The van der Waals surface area contributed by atoms with Crippen molar-refractivity contribution in [3.8, 4) is 17.2 Å². The molecule has 0 saturated carbocycles. The van der Waals surface area contributed by atoms with Crippen LogP contribution in [0.4, 0.5) is 5.69 Å². The van der Waals surface area contributed by atoms with Crippen molar-refractivity contribution in [3.05, 3.63) is 86.9 Å². The summed E-state index contributed by atoms with van der Waals surface area (Å²) in [5.74, 6) is -0.803. The molecule has 11 nitrogen and oxygen atoms in total. The first kappa shape index (κ1) is 22.3. The van der Waals surface area contributed by atoms with Crippen LogP contribution in [0.1, 0.15) is 16.2 Å². The number of benzene rings is 2. The number of piperazine rings is 1. The van der Waals surface area contributed by atoms with E-state index in [1.807, 2.05) is 49.4 Å². The van der Waals surface area contributed by atoms with Gasteiger partial charge in [0.05, 0.1) is 5.69 Å². The number of para-hydroxylation sites is 1. The summed E-state index contributed by atoms with van der Waals surface area (Å²) in [4.78, 5) is 46.3. The van der Waals surface area contributed by atoms with E-state index in [-0.39, 0.29) is 17.4 Å². The molecule has 11 heteroatoms. The van der Waals surface area contributed by atoms with E-state index in [2.05, 4.69) is 20.1 Å². The Kier molecular flexibility index (Phi) is 5.73. The summed E-state index contributed by atoms with van der Waals surface area (Å²) in [5, 5.41) is 8.00. The highest BCUT2D eigenvalue weighted by atomic mass is 16.5. The van der Waals surface area contributed by atoms with E-state index in [1.165, 1.54) is 7.05 Å². The molecule has 1 fully saturated rings. The lowest BCUT2D eigenvalue weighted by molar-refractivity contribution is 0.0696. The Bertz CT molecular complexity index is 1480. The van der Waals surface area contributed by atoms with Crippen LogP contribution in [-0.2, 0) is 7.05 Å². The molecule has 1 amide bonds. The maximum Gasteiger partial charge on any atom is 0.351 e. The number of hydrogen-bond acceptors (Lipinski definition) is 8. The number of aryl methyl sites for hydroxylation is 1. The Morgan fingerprint density at radius 1 is 0.914 bits per heavy atom. The molecule has 1 saturated heterocycles. The summed E-state index contributed by atoms with van der Waals surface area (Å²) >= 11 is 0. The van der Waals surface area contributed by atoms with E-state index >= 15 is 0 Å². The Balaban J connectivity index is 1.39. The minimum atomic E-state index is -0.686. The van der Waals surface area contributed by atoms with Crippen LogP contribution in [0.3, 0.4) is 0 Å². The summed E-state index contributed by atoms with van der Waals surface area (Å²) in [7, 11) is 1.35. The molecule has 2 aromatic carbocycles. The first-order valence-corrected chi connectivity index (χ1v) is 11.1. The van der Waals surface area contributed by atoms with Crippen molar-refractivity contribution in [1.29, 1.82) is 0 Å². The molecule has 0 bridgehead atoms. The lowest BCUT2D eigenvalue weighted by Gasteiger charge is -2.35. The van der Waals surface area contributed by atoms with Gasteiger partial charge in [0.15, 0.2) is 5.69 Å². The van der Waals surface area contributed by atoms with E-state index in [4.69, 9.17) is 4.52 Å². The zero-order valence-electron chi connectivity index (χ0n) is 19.3. The molecular formula is C24H23N7O4. The van der Waals surface area contributed by atoms with Crippen molar-refractivity contribution in [2.45, 2.75) is 6.92 Å². The number of carbonyl (C=O) groups excluding carboxylic acids is 1. The average molecular weight is 473 g/mol. The summed E-state index contributed by atoms with van der Waals surface area (Å²) in [6.07, 6.45) is 0. The number of rotatable bonds is 4. The highest BCUT2D eigenvalue weighted by Crippen LogP contribution is 2.17. The second-order valence-corrected chi connectivity index (χ2v) is 8.28. The maximum atomic E-state index is 13.0. The molecule has 3 heterocycles. The van der Waals surface area contributed by atoms with E-state index in [9.17, 15) is 14.4 Å². The summed E-state index contributed by atoms with van der Waals surface area (Å²) in [5.41, 5.74) is 1.11. The van der Waals surface area contributed by atoms with Gasteiger partial charge in [-0.15, -0.1) is 0 Å². The van der Waals surface area contributed by atoms with Crippen LogP contribution >= 0.6 is 0 Å². The number of anilines is 1. The minimum Gasteiger partial charge on any atom is -0.368 e. The Morgan fingerprint density at radius 3 is 2.29 bits per heavy atom. The quantitative estimate of drug-likeness (QED) is 0.434. The summed E-state index contributed by atoms with van der Waals surface area (Å²) < 4.78 is 7.20. The smallest absolute Gasteiger partial charge is 0.351 e. The number of amides is 1. The molecule has 0 aliphatic carbocycles. The topological polar surface area (TPSA) is 119 Å². The number of carbonyl (C=O) groups is 1. The molecule has 1 aliphatic heterocycles. The first-order valence-electron chi connectivity index (χ1n) is 11.1. The van der Waals surface area contributed by atoms with Gasteiger partial charge in [-0.1, -0.05) is 41.1 Å². The molecule has 0 radical (unpaired) electrons. The van der Waals surface area contributed by atoms with Crippen molar-refractivity contribution in [3.63, 3.8) is 0 Å². The van der Waals surface area contributed by atoms with Gasteiger partial charge in [-0.25, -0.2) is 4.79 Å². The zero-order chi connectivity index (χ0) is 24.5. The third-order valence-electron chi connectivity index (χ3n) is 5.96. The third kappa shape index (κ3) is 4.23. The largest absolute Gasteiger partial charge is 0.368 e. The molecule has 1 aliphatic rings. The van der Waals surface area contributed by atoms with Gasteiger partial charge in [-0.05, 0) is 31.2 Å². The Hall–Kier alpha value is -4.54. The first-order chi connectivity index (χ1) is 16.9. The normalized spacial score (nSPS) is 13.8. The highest BCUT2D eigenvalue weighted by molar-refractivity contribution is 5.90. The number of hydrogen-bond donors (Lipinski definition) is 0. The standard InChI is InChI=1S/C24H23N7O4/c1-16-8-10-18(11-9-16)31-24(34)28(2)22(32)19(26-31)20-25-21(35-27-20)23(33)30-14-12-29(13-15-30)17-6-4-3-5-7-17/h3-11H,12-15H2,1-2H3. The van der Waals surface area contributed by atoms with Crippen molar-refractivity contribution < 1.29 is 9.32 Å². The van der Waals surface area contributed by atoms with Crippen LogP contribution in [-0.4, -0.2) is 61.5 Å². The Labute approximate surface area is 199 Å². The zero-order valence-corrected chi connectivity index (χ0v) is 19.3. The molecule has 35 heavy (non-hydrogen) atoms. The minimum absolute atomic E-state index is 0.155. The molecule has 0 unspecified atom stereocenters. The predicted molar refractivity (Wildman–Crippen MR) is 128 cm³/mol. The van der Waals surface area contributed by atoms with Crippen molar-refractivity contribution >= 4 is 11.6 Å². The summed E-state index contributed by atoms with van der Waals surface area (Å²) in [6, 6.07) is 17.1. The SMILES string of the molecule is Cc1ccc(-n2nc(-c3noc(C(=O)N4CCN(c5ccccc5)CC4)n3)c(=O)n(C)c2=O)cc1. The average Bonchev–Trinajstić information content (AvgIpc) is 3.38. The van der Waals surface area contributed by atoms with Crippen molar-refractivity contribution in [2.24, 2.45) is 7.05 Å². The number of nitrogens with zero attached hydrogens (tertiary/aromatic N) is 7. The van der Waals surface area contributed by atoms with Crippen molar-refractivity contribution in [2.75, 3.05) is 31.1 Å². The molecule has 0 N–H and O–H groups in total. The molecule has 4 aromatic rings. The second kappa shape index (κ2) is 9.01. The van der Waals surface area contributed by atoms with Gasteiger partial charge < -0.3 is 14.3 Å². The lowest BCUT2D eigenvalue weighted by Crippen LogP contribution is -2.48.